The van der Waals surface area contributed by atoms with Gasteiger partial charge in [-0.15, -0.1) is 0 Å². The van der Waals surface area contributed by atoms with Crippen LogP contribution >= 0.6 is 0 Å². The number of ether oxygens (including phenoxy) is 1. The summed E-state index contributed by atoms with van der Waals surface area (Å²) in [4.78, 5) is 11.9. The van der Waals surface area contributed by atoms with Crippen LogP contribution in [0.25, 0.3) is 0 Å². The van der Waals surface area contributed by atoms with Gasteiger partial charge in [-0.3, -0.25) is 4.79 Å². The zero-order chi connectivity index (χ0) is 11.6. The maximum atomic E-state index is 11.9. The van der Waals surface area contributed by atoms with Crippen molar-refractivity contribution in [2.45, 2.75) is 12.8 Å². The molecule has 0 spiro atoms. The number of amides is 1. The highest BCUT2D eigenvalue weighted by Gasteiger charge is 2.49. The Morgan fingerprint density at radius 1 is 1.50 bits per heavy atom. The first-order valence-corrected chi connectivity index (χ1v) is 5.27. The van der Waals surface area contributed by atoms with Crippen molar-refractivity contribution in [3.63, 3.8) is 0 Å². The number of aliphatic hydroxyl groups excluding tert-OH is 1. The SMILES string of the molecule is COc1ccccc1NC(=O)C1(CO)CC1. The van der Waals surface area contributed by atoms with Crippen molar-refractivity contribution in [3.05, 3.63) is 24.3 Å². The maximum absolute atomic E-state index is 11.9. The van der Waals surface area contributed by atoms with Crippen molar-refractivity contribution < 1.29 is 14.6 Å². The average Bonchev–Trinajstić information content (AvgIpc) is 3.10. The van der Waals surface area contributed by atoms with Crippen molar-refractivity contribution in [2.75, 3.05) is 19.0 Å². The van der Waals surface area contributed by atoms with E-state index in [1.807, 2.05) is 12.1 Å². The fraction of sp³-hybridized carbons (Fsp3) is 0.417. The van der Waals surface area contributed by atoms with Crippen LogP contribution in [0, 0.1) is 5.41 Å². The van der Waals surface area contributed by atoms with E-state index < -0.39 is 5.41 Å². The molecule has 0 aliphatic heterocycles. The van der Waals surface area contributed by atoms with E-state index in [1.165, 1.54) is 0 Å². The van der Waals surface area contributed by atoms with E-state index in [-0.39, 0.29) is 12.5 Å². The van der Waals surface area contributed by atoms with Crippen molar-refractivity contribution in [1.82, 2.24) is 0 Å². The van der Waals surface area contributed by atoms with Crippen molar-refractivity contribution in [3.8, 4) is 5.75 Å². The Hall–Kier alpha value is -1.55. The Morgan fingerprint density at radius 2 is 2.19 bits per heavy atom. The number of hydrogen-bond acceptors (Lipinski definition) is 3. The highest BCUT2D eigenvalue weighted by molar-refractivity contribution is 5.98. The first-order valence-electron chi connectivity index (χ1n) is 5.27. The highest BCUT2D eigenvalue weighted by Crippen LogP contribution is 2.46. The predicted octanol–water partition coefficient (Wildman–Crippen LogP) is 1.41. The molecule has 1 fully saturated rings. The minimum absolute atomic E-state index is 0.0893. The largest absolute Gasteiger partial charge is 0.495 e. The van der Waals surface area contributed by atoms with Gasteiger partial charge in [0.15, 0.2) is 0 Å². The van der Waals surface area contributed by atoms with Gasteiger partial charge in [-0.1, -0.05) is 12.1 Å². The molecular formula is C12H15NO3. The third kappa shape index (κ3) is 1.88. The van der Waals surface area contributed by atoms with E-state index in [0.717, 1.165) is 12.8 Å². The molecule has 4 nitrogen and oxygen atoms in total. The summed E-state index contributed by atoms with van der Waals surface area (Å²) in [7, 11) is 1.56. The second-order valence-corrected chi connectivity index (χ2v) is 4.09. The second kappa shape index (κ2) is 4.14. The Bertz CT molecular complexity index is 399. The van der Waals surface area contributed by atoms with E-state index >= 15 is 0 Å². The summed E-state index contributed by atoms with van der Waals surface area (Å²) in [6, 6.07) is 7.24. The Labute approximate surface area is 94.2 Å². The fourth-order valence-corrected chi connectivity index (χ4v) is 1.61. The van der Waals surface area contributed by atoms with Gasteiger partial charge in [-0.2, -0.15) is 0 Å². The molecule has 0 aromatic heterocycles. The first-order chi connectivity index (χ1) is 7.72. The van der Waals surface area contributed by atoms with Gasteiger partial charge in [0.25, 0.3) is 0 Å². The molecule has 1 aromatic carbocycles. The number of anilines is 1. The van der Waals surface area contributed by atoms with Crippen LogP contribution in [-0.4, -0.2) is 24.7 Å². The molecule has 1 aliphatic rings. The second-order valence-electron chi connectivity index (χ2n) is 4.09. The summed E-state index contributed by atoms with van der Waals surface area (Å²) in [6.45, 7) is -0.0893. The number of carbonyl (C=O) groups excluding carboxylic acids is 1. The third-order valence-corrected chi connectivity index (χ3v) is 2.99. The zero-order valence-electron chi connectivity index (χ0n) is 9.19. The summed E-state index contributed by atoms with van der Waals surface area (Å²) < 4.78 is 5.14. The summed E-state index contributed by atoms with van der Waals surface area (Å²) in [5.74, 6) is 0.504. The normalized spacial score (nSPS) is 16.6. The molecule has 0 heterocycles. The minimum Gasteiger partial charge on any atom is -0.495 e. The predicted molar refractivity (Wildman–Crippen MR) is 60.4 cm³/mol. The van der Waals surface area contributed by atoms with Gasteiger partial charge in [0.2, 0.25) is 5.91 Å². The Balaban J connectivity index is 2.12. The maximum Gasteiger partial charge on any atom is 0.233 e. The molecule has 16 heavy (non-hydrogen) atoms. The molecular weight excluding hydrogens is 206 g/mol. The van der Waals surface area contributed by atoms with Crippen LogP contribution < -0.4 is 10.1 Å². The van der Waals surface area contributed by atoms with Gasteiger partial charge < -0.3 is 15.2 Å². The van der Waals surface area contributed by atoms with Crippen molar-refractivity contribution >= 4 is 11.6 Å². The van der Waals surface area contributed by atoms with Gasteiger partial charge in [0.1, 0.15) is 5.75 Å². The molecule has 0 atom stereocenters. The lowest BCUT2D eigenvalue weighted by atomic mass is 10.1. The van der Waals surface area contributed by atoms with E-state index in [4.69, 9.17) is 9.84 Å². The van der Waals surface area contributed by atoms with Gasteiger partial charge in [0, 0.05) is 0 Å². The van der Waals surface area contributed by atoms with Crippen molar-refractivity contribution in [2.24, 2.45) is 5.41 Å². The number of benzene rings is 1. The number of hydrogen-bond donors (Lipinski definition) is 2. The number of para-hydroxylation sites is 2. The number of methoxy groups -OCH3 is 1. The molecule has 0 radical (unpaired) electrons. The quantitative estimate of drug-likeness (QED) is 0.808. The van der Waals surface area contributed by atoms with Crippen LogP contribution in [0.3, 0.4) is 0 Å². The van der Waals surface area contributed by atoms with Crippen LogP contribution in [0.5, 0.6) is 5.75 Å². The van der Waals surface area contributed by atoms with Crippen LogP contribution in [0.2, 0.25) is 0 Å². The highest BCUT2D eigenvalue weighted by atomic mass is 16.5. The number of carbonyl (C=O) groups is 1. The van der Waals surface area contributed by atoms with Crippen LogP contribution in [0.1, 0.15) is 12.8 Å². The molecule has 1 amide bonds. The van der Waals surface area contributed by atoms with Gasteiger partial charge >= 0.3 is 0 Å². The number of rotatable bonds is 4. The lowest BCUT2D eigenvalue weighted by Crippen LogP contribution is -2.27. The molecule has 0 unspecified atom stereocenters. The number of aliphatic hydroxyl groups is 1. The van der Waals surface area contributed by atoms with Gasteiger partial charge in [0.05, 0.1) is 24.8 Å². The average molecular weight is 221 g/mol. The zero-order valence-corrected chi connectivity index (χ0v) is 9.19. The van der Waals surface area contributed by atoms with Crippen LogP contribution in [0.4, 0.5) is 5.69 Å². The smallest absolute Gasteiger partial charge is 0.233 e. The number of nitrogens with one attached hydrogen (secondary N) is 1. The van der Waals surface area contributed by atoms with E-state index in [0.29, 0.717) is 11.4 Å². The molecule has 1 saturated carbocycles. The molecule has 1 aliphatic carbocycles. The van der Waals surface area contributed by atoms with Gasteiger partial charge in [-0.05, 0) is 25.0 Å². The lowest BCUT2D eigenvalue weighted by Gasteiger charge is -2.14. The molecule has 86 valence electrons. The van der Waals surface area contributed by atoms with E-state index in [2.05, 4.69) is 5.32 Å². The summed E-state index contributed by atoms with van der Waals surface area (Å²) in [5.41, 5.74) is 0.0932. The molecule has 1 aromatic rings. The monoisotopic (exact) mass is 221 g/mol. The third-order valence-electron chi connectivity index (χ3n) is 2.99. The topological polar surface area (TPSA) is 58.6 Å². The van der Waals surface area contributed by atoms with E-state index in [1.54, 1.807) is 19.2 Å². The summed E-state index contributed by atoms with van der Waals surface area (Å²) in [5, 5.41) is 11.9. The van der Waals surface area contributed by atoms with Crippen LogP contribution in [-0.2, 0) is 4.79 Å². The first kappa shape index (κ1) is 11.0. The molecule has 2 rings (SSSR count). The minimum atomic E-state index is -0.555. The van der Waals surface area contributed by atoms with Crippen LogP contribution in [0.15, 0.2) is 24.3 Å². The molecule has 0 saturated heterocycles. The lowest BCUT2D eigenvalue weighted by molar-refractivity contribution is -0.122. The Morgan fingerprint density at radius 3 is 2.75 bits per heavy atom. The Kier molecular flexibility index (Phi) is 2.83. The molecule has 2 N–H and O–H groups in total. The summed E-state index contributed by atoms with van der Waals surface area (Å²) in [6.07, 6.45) is 1.51. The molecule has 0 bridgehead atoms. The van der Waals surface area contributed by atoms with E-state index in [9.17, 15) is 4.79 Å². The van der Waals surface area contributed by atoms with Gasteiger partial charge in [-0.25, -0.2) is 0 Å². The molecule has 4 heteroatoms. The fourth-order valence-electron chi connectivity index (χ4n) is 1.61. The standard InChI is InChI=1S/C12H15NO3/c1-16-10-5-3-2-4-9(10)13-11(15)12(8-14)6-7-12/h2-5,14H,6-8H2,1H3,(H,13,15). The van der Waals surface area contributed by atoms with Crippen molar-refractivity contribution in [1.29, 1.82) is 0 Å². The summed E-state index contributed by atoms with van der Waals surface area (Å²) >= 11 is 0.